The van der Waals surface area contributed by atoms with Gasteiger partial charge in [-0.2, -0.15) is 0 Å². The highest BCUT2D eigenvalue weighted by Gasteiger charge is 2.31. The average Bonchev–Trinajstić information content (AvgIpc) is 2.38. The first-order valence-electron chi connectivity index (χ1n) is 5.75. The molecule has 0 fully saturated rings. The number of rotatable bonds is 4. The summed E-state index contributed by atoms with van der Waals surface area (Å²) >= 11 is 0. The Bertz CT molecular complexity index is 698. The third-order valence-electron chi connectivity index (χ3n) is 2.48. The minimum atomic E-state index is -4.81. The van der Waals surface area contributed by atoms with Crippen LogP contribution in [0.15, 0.2) is 53.6 Å². The van der Waals surface area contributed by atoms with Crippen molar-refractivity contribution in [3.63, 3.8) is 0 Å². The van der Waals surface area contributed by atoms with Crippen LogP contribution in [0.1, 0.15) is 5.69 Å². The monoisotopic (exact) mass is 317 g/mol. The second kappa shape index (κ2) is 5.72. The van der Waals surface area contributed by atoms with E-state index in [0.29, 0.717) is 5.69 Å². The standard InChI is InChI=1S/C13H10F3NO3S/c14-13(15,16)20-11-4-6-12(7-5-11)21(18,19)9-10-3-1-2-8-17-10/h1-8H,9H2. The SMILES string of the molecule is O=S(=O)(Cc1ccccn1)c1ccc(OC(F)(F)F)cc1. The van der Waals surface area contributed by atoms with Crippen molar-refractivity contribution in [3.05, 3.63) is 54.4 Å². The molecule has 1 heterocycles. The summed E-state index contributed by atoms with van der Waals surface area (Å²) in [6.07, 6.45) is -3.35. The van der Waals surface area contributed by atoms with Crippen molar-refractivity contribution in [2.24, 2.45) is 0 Å². The van der Waals surface area contributed by atoms with Crippen molar-refractivity contribution in [2.75, 3.05) is 0 Å². The second-order valence-corrected chi connectivity index (χ2v) is 6.09. The van der Waals surface area contributed by atoms with E-state index < -0.39 is 21.9 Å². The van der Waals surface area contributed by atoms with E-state index in [1.807, 2.05) is 0 Å². The summed E-state index contributed by atoms with van der Waals surface area (Å²) < 4.78 is 63.9. The van der Waals surface area contributed by atoms with Crippen molar-refractivity contribution >= 4 is 9.84 Å². The summed E-state index contributed by atoms with van der Waals surface area (Å²) in [5.74, 6) is -0.799. The normalized spacial score (nSPS) is 12.1. The average molecular weight is 317 g/mol. The maximum atomic E-state index is 12.1. The van der Waals surface area contributed by atoms with Gasteiger partial charge in [0.15, 0.2) is 9.84 Å². The van der Waals surface area contributed by atoms with Crippen LogP contribution in [-0.2, 0) is 15.6 Å². The number of ether oxygens (including phenoxy) is 1. The summed E-state index contributed by atoms with van der Waals surface area (Å²) in [5, 5.41) is 0. The van der Waals surface area contributed by atoms with Gasteiger partial charge in [-0.05, 0) is 36.4 Å². The fourth-order valence-electron chi connectivity index (χ4n) is 1.61. The topological polar surface area (TPSA) is 56.3 Å². The van der Waals surface area contributed by atoms with Gasteiger partial charge >= 0.3 is 6.36 Å². The van der Waals surface area contributed by atoms with Crippen LogP contribution in [0.4, 0.5) is 13.2 Å². The number of alkyl halides is 3. The molecule has 0 unspecified atom stereocenters. The van der Waals surface area contributed by atoms with Crippen LogP contribution in [-0.4, -0.2) is 19.8 Å². The zero-order valence-corrected chi connectivity index (χ0v) is 11.4. The minimum Gasteiger partial charge on any atom is -0.406 e. The Kier molecular flexibility index (Phi) is 4.17. The van der Waals surface area contributed by atoms with Gasteiger partial charge in [0.1, 0.15) is 5.75 Å². The van der Waals surface area contributed by atoms with E-state index in [1.165, 1.54) is 6.20 Å². The Morgan fingerprint density at radius 1 is 1.05 bits per heavy atom. The van der Waals surface area contributed by atoms with E-state index in [9.17, 15) is 21.6 Å². The number of hydrogen-bond acceptors (Lipinski definition) is 4. The van der Waals surface area contributed by atoms with Crippen molar-refractivity contribution in [3.8, 4) is 5.75 Å². The number of benzene rings is 1. The van der Waals surface area contributed by atoms with Crippen LogP contribution in [0.3, 0.4) is 0 Å². The van der Waals surface area contributed by atoms with Crippen LogP contribution in [0, 0.1) is 0 Å². The maximum Gasteiger partial charge on any atom is 0.573 e. The zero-order chi connectivity index (χ0) is 15.5. The van der Waals surface area contributed by atoms with Crippen LogP contribution < -0.4 is 4.74 Å². The van der Waals surface area contributed by atoms with Gasteiger partial charge in [0, 0.05) is 6.20 Å². The molecule has 0 saturated carbocycles. The van der Waals surface area contributed by atoms with Gasteiger partial charge in [0.25, 0.3) is 0 Å². The Balaban J connectivity index is 2.18. The lowest BCUT2D eigenvalue weighted by atomic mass is 10.3. The molecule has 0 aliphatic rings. The van der Waals surface area contributed by atoms with Crippen molar-refractivity contribution in [1.82, 2.24) is 4.98 Å². The van der Waals surface area contributed by atoms with Gasteiger partial charge in [-0.25, -0.2) is 8.42 Å². The smallest absolute Gasteiger partial charge is 0.406 e. The Morgan fingerprint density at radius 2 is 1.71 bits per heavy atom. The third kappa shape index (κ3) is 4.45. The molecule has 0 spiro atoms. The summed E-state index contributed by atoms with van der Waals surface area (Å²) in [6.45, 7) is 0. The Labute approximate surface area is 119 Å². The zero-order valence-electron chi connectivity index (χ0n) is 10.5. The van der Waals surface area contributed by atoms with Gasteiger partial charge in [-0.15, -0.1) is 13.2 Å². The first kappa shape index (κ1) is 15.3. The summed E-state index contributed by atoms with van der Waals surface area (Å²) in [4.78, 5) is 3.81. The lowest BCUT2D eigenvalue weighted by molar-refractivity contribution is -0.274. The Morgan fingerprint density at radius 3 is 2.24 bits per heavy atom. The first-order chi connectivity index (χ1) is 9.76. The third-order valence-corrected chi connectivity index (χ3v) is 4.15. The molecule has 0 aliphatic heterocycles. The van der Waals surface area contributed by atoms with Gasteiger partial charge in [-0.3, -0.25) is 4.98 Å². The molecule has 1 aromatic carbocycles. The molecule has 0 saturated heterocycles. The van der Waals surface area contributed by atoms with E-state index in [0.717, 1.165) is 24.3 Å². The number of halogens is 3. The number of nitrogens with zero attached hydrogens (tertiary/aromatic N) is 1. The van der Waals surface area contributed by atoms with Crippen LogP contribution in [0.2, 0.25) is 0 Å². The molecule has 21 heavy (non-hydrogen) atoms. The van der Waals surface area contributed by atoms with E-state index in [4.69, 9.17) is 0 Å². The molecule has 4 nitrogen and oxygen atoms in total. The highest BCUT2D eigenvalue weighted by molar-refractivity contribution is 7.90. The molecule has 112 valence electrons. The van der Waals surface area contributed by atoms with Crippen LogP contribution >= 0.6 is 0 Å². The van der Waals surface area contributed by atoms with E-state index in [1.54, 1.807) is 18.2 Å². The van der Waals surface area contributed by atoms with E-state index in [2.05, 4.69) is 9.72 Å². The quantitative estimate of drug-likeness (QED) is 0.870. The number of sulfone groups is 1. The highest BCUT2D eigenvalue weighted by atomic mass is 32.2. The molecule has 0 radical (unpaired) electrons. The molecule has 2 rings (SSSR count). The fraction of sp³-hybridized carbons (Fsp3) is 0.154. The Hall–Kier alpha value is -2.09. The highest BCUT2D eigenvalue weighted by Crippen LogP contribution is 2.24. The van der Waals surface area contributed by atoms with Gasteiger partial charge in [0.2, 0.25) is 0 Å². The molecule has 0 amide bonds. The van der Waals surface area contributed by atoms with E-state index in [-0.39, 0.29) is 10.6 Å². The summed E-state index contributed by atoms with van der Waals surface area (Å²) in [6, 6.07) is 8.91. The van der Waals surface area contributed by atoms with Crippen LogP contribution in [0.5, 0.6) is 5.75 Å². The molecule has 8 heteroatoms. The van der Waals surface area contributed by atoms with Crippen LogP contribution in [0.25, 0.3) is 0 Å². The summed E-state index contributed by atoms with van der Waals surface area (Å²) in [5.41, 5.74) is 0.355. The lowest BCUT2D eigenvalue weighted by Gasteiger charge is -2.09. The predicted octanol–water partition coefficient (Wildman–Crippen LogP) is 2.95. The van der Waals surface area contributed by atoms with Crippen molar-refractivity contribution in [2.45, 2.75) is 17.0 Å². The van der Waals surface area contributed by atoms with Gasteiger partial charge < -0.3 is 4.74 Å². The molecular weight excluding hydrogens is 307 g/mol. The molecule has 0 atom stereocenters. The molecule has 0 N–H and O–H groups in total. The predicted molar refractivity (Wildman–Crippen MR) is 68.3 cm³/mol. The lowest BCUT2D eigenvalue weighted by Crippen LogP contribution is -2.17. The fourth-order valence-corrected chi connectivity index (χ4v) is 2.89. The van der Waals surface area contributed by atoms with E-state index >= 15 is 0 Å². The molecule has 0 bridgehead atoms. The van der Waals surface area contributed by atoms with Crippen molar-refractivity contribution < 1.29 is 26.3 Å². The first-order valence-corrected chi connectivity index (χ1v) is 7.40. The number of hydrogen-bond donors (Lipinski definition) is 0. The van der Waals surface area contributed by atoms with Crippen molar-refractivity contribution in [1.29, 1.82) is 0 Å². The van der Waals surface area contributed by atoms with Gasteiger partial charge in [0.05, 0.1) is 16.3 Å². The minimum absolute atomic E-state index is 0.0947. The van der Waals surface area contributed by atoms with Gasteiger partial charge in [-0.1, -0.05) is 6.07 Å². The number of aromatic nitrogens is 1. The second-order valence-electron chi connectivity index (χ2n) is 4.10. The largest absolute Gasteiger partial charge is 0.573 e. The maximum absolute atomic E-state index is 12.1. The molecule has 2 aromatic rings. The molecular formula is C13H10F3NO3S. The summed E-state index contributed by atoms with van der Waals surface area (Å²) in [7, 11) is -3.67. The number of pyridine rings is 1. The molecule has 0 aliphatic carbocycles. The molecule has 1 aromatic heterocycles.